The third-order valence-corrected chi connectivity index (χ3v) is 6.16. The zero-order valence-corrected chi connectivity index (χ0v) is 17.6. The van der Waals surface area contributed by atoms with Crippen LogP contribution in [0.2, 0.25) is 0 Å². The fourth-order valence-corrected chi connectivity index (χ4v) is 4.22. The van der Waals surface area contributed by atoms with Gasteiger partial charge in [-0.2, -0.15) is 13.2 Å². The van der Waals surface area contributed by atoms with Crippen LogP contribution >= 0.6 is 0 Å². The Hall–Kier alpha value is -2.55. The average Bonchev–Trinajstić information content (AvgIpc) is 3.10. The first-order valence-electron chi connectivity index (χ1n) is 10.6. The summed E-state index contributed by atoms with van der Waals surface area (Å²) in [5, 5.41) is 5.76. The maximum Gasteiger partial charge on any atom is 0.406 e. The predicted molar refractivity (Wildman–Crippen MR) is 110 cm³/mol. The van der Waals surface area contributed by atoms with Crippen LogP contribution in [0.15, 0.2) is 30.7 Å². The fourth-order valence-electron chi connectivity index (χ4n) is 4.22. The number of amides is 1. The summed E-state index contributed by atoms with van der Waals surface area (Å²) in [6, 6.07) is 5.07. The number of hydrogen-bond acceptors (Lipinski definition) is 4. The first-order chi connectivity index (χ1) is 14.6. The molecule has 2 N–H and O–H groups in total. The van der Waals surface area contributed by atoms with Crippen molar-refractivity contribution in [1.82, 2.24) is 20.2 Å². The number of carbonyl (C=O) groups is 1. The van der Waals surface area contributed by atoms with Gasteiger partial charge in [0.1, 0.15) is 17.9 Å². The largest absolute Gasteiger partial charge is 0.491 e. The standard InChI is InChI=1S/C22H27F3N4O2/c1-21(2,22(23,24)25)28-16-6-4-15(5-7-16)27-20(30)14-3-8-19-17(11-14)18-12-26-13-29(18)9-10-31-19/h3,8,11-13,15-16,28H,4-7,9-10H2,1-2H3,(H,27,30). The molecule has 1 aromatic carbocycles. The van der Waals surface area contributed by atoms with Crippen molar-refractivity contribution in [1.29, 1.82) is 0 Å². The predicted octanol–water partition coefficient (Wildman–Crippen LogP) is 3.91. The van der Waals surface area contributed by atoms with Gasteiger partial charge in [0.2, 0.25) is 0 Å². The van der Waals surface area contributed by atoms with Crippen LogP contribution < -0.4 is 15.4 Å². The number of aromatic nitrogens is 2. The summed E-state index contributed by atoms with van der Waals surface area (Å²) in [6.45, 7) is 3.54. The first kappa shape index (κ1) is 21.7. The first-order valence-corrected chi connectivity index (χ1v) is 10.6. The van der Waals surface area contributed by atoms with Crippen molar-refractivity contribution in [2.24, 2.45) is 0 Å². The van der Waals surface area contributed by atoms with E-state index in [9.17, 15) is 18.0 Å². The number of hydrogen-bond donors (Lipinski definition) is 2. The Kier molecular flexibility index (Phi) is 5.72. The molecule has 2 aliphatic rings. The van der Waals surface area contributed by atoms with Crippen LogP contribution in [0, 0.1) is 0 Å². The van der Waals surface area contributed by atoms with Gasteiger partial charge in [0.25, 0.3) is 5.91 Å². The summed E-state index contributed by atoms with van der Waals surface area (Å²) < 4.78 is 47.1. The summed E-state index contributed by atoms with van der Waals surface area (Å²) in [4.78, 5) is 17.0. The number of imidazole rings is 1. The Morgan fingerprint density at radius 3 is 2.58 bits per heavy atom. The van der Waals surface area contributed by atoms with E-state index in [0.717, 1.165) is 30.9 Å². The van der Waals surface area contributed by atoms with Crippen LogP contribution in [0.5, 0.6) is 5.75 Å². The van der Waals surface area contributed by atoms with Crippen molar-refractivity contribution < 1.29 is 22.7 Å². The van der Waals surface area contributed by atoms with Gasteiger partial charge in [-0.15, -0.1) is 0 Å². The highest BCUT2D eigenvalue weighted by Gasteiger charge is 2.48. The molecule has 1 saturated carbocycles. The minimum absolute atomic E-state index is 0.0554. The van der Waals surface area contributed by atoms with Gasteiger partial charge in [0, 0.05) is 23.2 Å². The number of alkyl halides is 3. The Morgan fingerprint density at radius 1 is 1.16 bits per heavy atom. The summed E-state index contributed by atoms with van der Waals surface area (Å²) >= 11 is 0. The van der Waals surface area contributed by atoms with Crippen molar-refractivity contribution in [3.05, 3.63) is 36.3 Å². The zero-order valence-electron chi connectivity index (χ0n) is 17.6. The number of nitrogens with one attached hydrogen (secondary N) is 2. The molecule has 1 fully saturated rings. The molecular weight excluding hydrogens is 409 g/mol. The number of fused-ring (bicyclic) bond motifs is 3. The lowest BCUT2D eigenvalue weighted by atomic mass is 9.89. The highest BCUT2D eigenvalue weighted by molar-refractivity contribution is 5.96. The second-order valence-electron chi connectivity index (χ2n) is 8.82. The van der Waals surface area contributed by atoms with Crippen molar-refractivity contribution in [2.75, 3.05) is 6.61 Å². The van der Waals surface area contributed by atoms with Crippen molar-refractivity contribution >= 4 is 5.91 Å². The van der Waals surface area contributed by atoms with Gasteiger partial charge in [0.05, 0.1) is 24.8 Å². The van der Waals surface area contributed by atoms with E-state index in [1.54, 1.807) is 24.7 Å². The maximum absolute atomic E-state index is 13.1. The molecule has 9 heteroatoms. The molecule has 31 heavy (non-hydrogen) atoms. The lowest BCUT2D eigenvalue weighted by Gasteiger charge is -2.37. The van der Waals surface area contributed by atoms with E-state index < -0.39 is 11.7 Å². The average molecular weight is 436 g/mol. The van der Waals surface area contributed by atoms with E-state index in [4.69, 9.17) is 4.74 Å². The lowest BCUT2D eigenvalue weighted by Crippen LogP contribution is -2.57. The number of benzene rings is 1. The SMILES string of the molecule is CC(C)(NC1CCC(NC(=O)c2ccc3c(c2)-c2cncn2CCO3)CC1)C(F)(F)F. The van der Waals surface area contributed by atoms with E-state index in [0.29, 0.717) is 44.4 Å². The summed E-state index contributed by atoms with van der Waals surface area (Å²) in [5.41, 5.74) is 0.325. The molecule has 168 valence electrons. The maximum atomic E-state index is 13.1. The Morgan fingerprint density at radius 2 is 1.87 bits per heavy atom. The van der Waals surface area contributed by atoms with Crippen molar-refractivity contribution in [3.8, 4) is 17.0 Å². The molecule has 0 spiro atoms. The fraction of sp³-hybridized carbons (Fsp3) is 0.545. The van der Waals surface area contributed by atoms with E-state index in [2.05, 4.69) is 15.6 Å². The summed E-state index contributed by atoms with van der Waals surface area (Å²) in [6.07, 6.45) is 1.64. The lowest BCUT2D eigenvalue weighted by molar-refractivity contribution is -0.188. The topological polar surface area (TPSA) is 68.2 Å². The van der Waals surface area contributed by atoms with Crippen molar-refractivity contribution in [3.63, 3.8) is 0 Å². The van der Waals surface area contributed by atoms with Crippen LogP contribution in [-0.2, 0) is 6.54 Å². The van der Waals surface area contributed by atoms with Crippen LogP contribution in [0.1, 0.15) is 49.9 Å². The van der Waals surface area contributed by atoms with Crippen LogP contribution in [0.25, 0.3) is 11.3 Å². The Balaban J connectivity index is 1.38. The van der Waals surface area contributed by atoms with Crippen LogP contribution in [0.3, 0.4) is 0 Å². The second-order valence-corrected chi connectivity index (χ2v) is 8.82. The third kappa shape index (κ3) is 4.56. The number of ether oxygens (including phenoxy) is 1. The summed E-state index contributed by atoms with van der Waals surface area (Å²) in [7, 11) is 0. The molecule has 0 radical (unpaired) electrons. The number of rotatable bonds is 4. The van der Waals surface area contributed by atoms with E-state index >= 15 is 0 Å². The van der Waals surface area contributed by atoms with Gasteiger partial charge in [-0.25, -0.2) is 4.98 Å². The van der Waals surface area contributed by atoms with Crippen LogP contribution in [-0.4, -0.2) is 45.9 Å². The van der Waals surface area contributed by atoms with Crippen molar-refractivity contribution in [2.45, 2.75) is 69.9 Å². The highest BCUT2D eigenvalue weighted by atomic mass is 19.4. The third-order valence-electron chi connectivity index (χ3n) is 6.16. The Labute approximate surface area is 179 Å². The molecule has 2 heterocycles. The molecule has 1 aromatic heterocycles. The molecule has 2 aromatic rings. The molecule has 0 bridgehead atoms. The van der Waals surface area contributed by atoms with E-state index in [1.165, 1.54) is 0 Å². The van der Waals surface area contributed by atoms with Crippen LogP contribution in [0.4, 0.5) is 13.2 Å². The number of nitrogens with zero attached hydrogens (tertiary/aromatic N) is 2. The van der Waals surface area contributed by atoms with Gasteiger partial charge in [-0.05, 0) is 57.7 Å². The minimum Gasteiger partial charge on any atom is -0.491 e. The second kappa shape index (κ2) is 8.18. The monoisotopic (exact) mass is 436 g/mol. The molecule has 0 saturated heterocycles. The molecule has 4 rings (SSSR count). The molecule has 0 unspecified atom stereocenters. The van der Waals surface area contributed by atoms with Gasteiger partial charge < -0.3 is 19.9 Å². The van der Waals surface area contributed by atoms with E-state index in [1.807, 2.05) is 10.6 Å². The normalized spacial score (nSPS) is 21.5. The molecule has 0 atom stereocenters. The molecule has 1 aliphatic carbocycles. The number of halogens is 3. The smallest absolute Gasteiger partial charge is 0.406 e. The number of carbonyl (C=O) groups excluding carboxylic acids is 1. The molecular formula is C22H27F3N4O2. The Bertz CT molecular complexity index is 946. The van der Waals surface area contributed by atoms with Gasteiger partial charge in [-0.1, -0.05) is 0 Å². The van der Waals surface area contributed by atoms with E-state index in [-0.39, 0.29) is 18.0 Å². The molecule has 6 nitrogen and oxygen atoms in total. The zero-order chi connectivity index (χ0) is 22.2. The molecule has 1 aliphatic heterocycles. The quantitative estimate of drug-likeness (QED) is 0.763. The highest BCUT2D eigenvalue weighted by Crippen LogP contribution is 2.34. The van der Waals surface area contributed by atoms with Gasteiger partial charge in [-0.3, -0.25) is 4.79 Å². The minimum atomic E-state index is -4.30. The van der Waals surface area contributed by atoms with Gasteiger partial charge >= 0.3 is 6.18 Å². The molecule has 1 amide bonds. The summed E-state index contributed by atoms with van der Waals surface area (Å²) in [5.74, 6) is 0.528. The van der Waals surface area contributed by atoms with Gasteiger partial charge in [0.15, 0.2) is 0 Å².